The number of nitrogens with zero attached hydrogens (tertiary/aromatic N) is 1. The van der Waals surface area contributed by atoms with E-state index in [0.717, 1.165) is 51.4 Å². The van der Waals surface area contributed by atoms with Crippen LogP contribution in [-0.2, 0) is 17.7 Å². The lowest BCUT2D eigenvalue weighted by atomic mass is 9.97. The average molecular weight is 260 g/mol. The van der Waals surface area contributed by atoms with Gasteiger partial charge in [0.15, 0.2) is 5.78 Å². The van der Waals surface area contributed by atoms with E-state index in [0.29, 0.717) is 6.54 Å². The van der Waals surface area contributed by atoms with Crippen molar-refractivity contribution < 1.29 is 9.53 Å². The summed E-state index contributed by atoms with van der Waals surface area (Å²) < 4.78 is 5.30. The van der Waals surface area contributed by atoms with Crippen LogP contribution in [0.2, 0.25) is 0 Å². The number of carbonyl (C=O) groups is 1. The van der Waals surface area contributed by atoms with Crippen molar-refractivity contribution in [2.75, 3.05) is 39.4 Å². The number of morpholine rings is 1. The molecule has 0 unspecified atom stereocenters. The molecule has 0 atom stereocenters. The largest absolute Gasteiger partial charge is 0.379 e. The van der Waals surface area contributed by atoms with E-state index in [2.05, 4.69) is 22.3 Å². The Bertz CT molecular complexity index is 467. The van der Waals surface area contributed by atoms with Crippen molar-refractivity contribution in [3.05, 3.63) is 34.9 Å². The molecule has 0 bridgehead atoms. The van der Waals surface area contributed by atoms with Gasteiger partial charge in [0.05, 0.1) is 19.8 Å². The molecule has 19 heavy (non-hydrogen) atoms. The lowest BCUT2D eigenvalue weighted by molar-refractivity contribution is 0.0371. The monoisotopic (exact) mass is 260 g/mol. The van der Waals surface area contributed by atoms with E-state index >= 15 is 0 Å². The third kappa shape index (κ3) is 3.03. The molecule has 0 saturated carbocycles. The van der Waals surface area contributed by atoms with Gasteiger partial charge in [-0.2, -0.15) is 0 Å². The molecule has 2 aliphatic heterocycles. The molecule has 4 heteroatoms. The summed E-state index contributed by atoms with van der Waals surface area (Å²) in [5.74, 6) is 0.225. The Morgan fingerprint density at radius 1 is 1.26 bits per heavy atom. The molecular formula is C15H20N2O2. The van der Waals surface area contributed by atoms with Gasteiger partial charge in [0.2, 0.25) is 0 Å². The first-order valence-electron chi connectivity index (χ1n) is 6.99. The molecule has 0 aliphatic carbocycles. The molecule has 0 radical (unpaired) electrons. The molecule has 1 N–H and O–H groups in total. The van der Waals surface area contributed by atoms with E-state index in [1.165, 1.54) is 11.1 Å². The number of ketones is 1. The summed E-state index contributed by atoms with van der Waals surface area (Å²) >= 11 is 0. The number of Topliss-reactive ketones (excluding diaryl/α,β-unsaturated/α-hetero) is 1. The highest BCUT2D eigenvalue weighted by Crippen LogP contribution is 2.16. The van der Waals surface area contributed by atoms with Gasteiger partial charge in [-0.1, -0.05) is 12.1 Å². The number of benzene rings is 1. The second kappa shape index (κ2) is 5.82. The maximum absolute atomic E-state index is 12.3. The predicted octanol–water partition coefficient (Wildman–Crippen LogP) is 0.847. The van der Waals surface area contributed by atoms with Crippen molar-refractivity contribution in [3.63, 3.8) is 0 Å². The molecule has 0 aromatic heterocycles. The van der Waals surface area contributed by atoms with Crippen LogP contribution >= 0.6 is 0 Å². The minimum atomic E-state index is 0.225. The summed E-state index contributed by atoms with van der Waals surface area (Å²) in [5, 5.41) is 3.35. The minimum Gasteiger partial charge on any atom is -0.379 e. The summed E-state index contributed by atoms with van der Waals surface area (Å²) in [6.07, 6.45) is 1.02. The second-order valence-corrected chi connectivity index (χ2v) is 5.22. The molecule has 0 spiro atoms. The van der Waals surface area contributed by atoms with Crippen LogP contribution < -0.4 is 5.32 Å². The Kier molecular flexibility index (Phi) is 3.92. The Labute approximate surface area is 113 Å². The Morgan fingerprint density at radius 2 is 2.11 bits per heavy atom. The fourth-order valence-corrected chi connectivity index (χ4v) is 2.70. The van der Waals surface area contributed by atoms with Crippen molar-refractivity contribution >= 4 is 5.78 Å². The number of hydrogen-bond donors (Lipinski definition) is 1. The Balaban J connectivity index is 1.69. The fraction of sp³-hybridized carbons (Fsp3) is 0.533. The molecule has 1 saturated heterocycles. The average Bonchev–Trinajstić information content (AvgIpc) is 2.48. The van der Waals surface area contributed by atoms with Gasteiger partial charge in [0.25, 0.3) is 0 Å². The highest BCUT2D eigenvalue weighted by molar-refractivity contribution is 5.97. The summed E-state index contributed by atoms with van der Waals surface area (Å²) in [6, 6.07) is 6.14. The van der Waals surface area contributed by atoms with E-state index in [9.17, 15) is 4.79 Å². The zero-order chi connectivity index (χ0) is 13.1. The first-order chi connectivity index (χ1) is 9.33. The number of rotatable bonds is 3. The SMILES string of the molecule is O=C(CN1CCOCC1)c1ccc2c(c1)CCNC2. The normalized spacial score (nSPS) is 20.0. The number of fused-ring (bicyclic) bond motifs is 1. The smallest absolute Gasteiger partial charge is 0.176 e. The van der Waals surface area contributed by atoms with E-state index in [1.807, 2.05) is 6.07 Å². The standard InChI is InChI=1S/C15H20N2O2/c18-15(11-17-5-7-19-8-6-17)13-1-2-14-10-16-4-3-12(14)9-13/h1-2,9,16H,3-8,10-11H2. The predicted molar refractivity (Wildman–Crippen MR) is 73.4 cm³/mol. The zero-order valence-electron chi connectivity index (χ0n) is 11.2. The van der Waals surface area contributed by atoms with Crippen LogP contribution in [0.5, 0.6) is 0 Å². The maximum atomic E-state index is 12.3. The first-order valence-corrected chi connectivity index (χ1v) is 6.99. The van der Waals surface area contributed by atoms with E-state index in [-0.39, 0.29) is 5.78 Å². The van der Waals surface area contributed by atoms with Crippen molar-refractivity contribution in [1.82, 2.24) is 10.2 Å². The molecular weight excluding hydrogens is 240 g/mol. The number of hydrogen-bond acceptors (Lipinski definition) is 4. The molecule has 1 aromatic rings. The van der Waals surface area contributed by atoms with Gasteiger partial charge >= 0.3 is 0 Å². The van der Waals surface area contributed by atoms with E-state index < -0.39 is 0 Å². The summed E-state index contributed by atoms with van der Waals surface area (Å²) in [6.45, 7) is 5.65. The van der Waals surface area contributed by atoms with Gasteiger partial charge in [-0.25, -0.2) is 0 Å². The molecule has 1 aromatic carbocycles. The number of nitrogens with one attached hydrogen (secondary N) is 1. The van der Waals surface area contributed by atoms with E-state index in [1.54, 1.807) is 0 Å². The van der Waals surface area contributed by atoms with Gasteiger partial charge in [-0.05, 0) is 30.2 Å². The highest BCUT2D eigenvalue weighted by Gasteiger charge is 2.17. The second-order valence-electron chi connectivity index (χ2n) is 5.22. The highest BCUT2D eigenvalue weighted by atomic mass is 16.5. The third-order valence-electron chi connectivity index (χ3n) is 3.89. The molecule has 2 heterocycles. The molecule has 0 amide bonds. The fourth-order valence-electron chi connectivity index (χ4n) is 2.70. The lowest BCUT2D eigenvalue weighted by Gasteiger charge is -2.26. The van der Waals surface area contributed by atoms with Crippen LogP contribution in [0.3, 0.4) is 0 Å². The Morgan fingerprint density at radius 3 is 2.95 bits per heavy atom. The van der Waals surface area contributed by atoms with E-state index in [4.69, 9.17) is 4.74 Å². The van der Waals surface area contributed by atoms with Crippen LogP contribution in [-0.4, -0.2) is 50.1 Å². The van der Waals surface area contributed by atoms with Crippen molar-refractivity contribution in [2.24, 2.45) is 0 Å². The van der Waals surface area contributed by atoms with Gasteiger partial charge in [0, 0.05) is 25.2 Å². The molecule has 3 rings (SSSR count). The Hall–Kier alpha value is -1.23. The quantitative estimate of drug-likeness (QED) is 0.818. The molecule has 4 nitrogen and oxygen atoms in total. The maximum Gasteiger partial charge on any atom is 0.176 e. The van der Waals surface area contributed by atoms with Gasteiger partial charge in [-0.15, -0.1) is 0 Å². The topological polar surface area (TPSA) is 41.6 Å². The number of ether oxygens (including phenoxy) is 1. The number of carbonyl (C=O) groups excluding carboxylic acids is 1. The molecule has 2 aliphatic rings. The first kappa shape index (κ1) is 12.8. The van der Waals surface area contributed by atoms with Gasteiger partial charge in [-0.3, -0.25) is 9.69 Å². The van der Waals surface area contributed by atoms with Crippen molar-refractivity contribution in [2.45, 2.75) is 13.0 Å². The minimum absolute atomic E-state index is 0.225. The van der Waals surface area contributed by atoms with Crippen molar-refractivity contribution in [1.29, 1.82) is 0 Å². The third-order valence-corrected chi connectivity index (χ3v) is 3.89. The summed E-state index contributed by atoms with van der Waals surface area (Å²) in [7, 11) is 0. The summed E-state index contributed by atoms with van der Waals surface area (Å²) in [5.41, 5.74) is 3.51. The summed E-state index contributed by atoms with van der Waals surface area (Å²) in [4.78, 5) is 14.5. The van der Waals surface area contributed by atoms with Crippen LogP contribution in [0.4, 0.5) is 0 Å². The zero-order valence-corrected chi connectivity index (χ0v) is 11.2. The van der Waals surface area contributed by atoms with Gasteiger partial charge < -0.3 is 10.1 Å². The van der Waals surface area contributed by atoms with Gasteiger partial charge in [0.1, 0.15) is 0 Å². The van der Waals surface area contributed by atoms with Crippen LogP contribution in [0.15, 0.2) is 18.2 Å². The molecule has 1 fully saturated rings. The van der Waals surface area contributed by atoms with Crippen molar-refractivity contribution in [3.8, 4) is 0 Å². The molecule has 102 valence electrons. The lowest BCUT2D eigenvalue weighted by Crippen LogP contribution is -2.39. The van der Waals surface area contributed by atoms with Crippen LogP contribution in [0.25, 0.3) is 0 Å². The van der Waals surface area contributed by atoms with Crippen LogP contribution in [0, 0.1) is 0 Å². The van der Waals surface area contributed by atoms with Crippen LogP contribution in [0.1, 0.15) is 21.5 Å².